The van der Waals surface area contributed by atoms with Crippen LogP contribution in [0.25, 0.3) is 0 Å². The van der Waals surface area contributed by atoms with E-state index < -0.39 is 18.2 Å². The number of carbonyl (C=O) groups is 2. The van der Waals surface area contributed by atoms with Crippen molar-refractivity contribution < 1.29 is 24.2 Å². The lowest BCUT2D eigenvalue weighted by atomic mass is 10.1. The van der Waals surface area contributed by atoms with Gasteiger partial charge in [0, 0.05) is 12.5 Å². The highest BCUT2D eigenvalue weighted by molar-refractivity contribution is 5.80. The van der Waals surface area contributed by atoms with Gasteiger partial charge in [0.15, 0.2) is 0 Å². The van der Waals surface area contributed by atoms with Gasteiger partial charge in [0.2, 0.25) is 5.91 Å². The van der Waals surface area contributed by atoms with Crippen LogP contribution in [-0.4, -0.2) is 45.7 Å². The first-order valence-corrected chi connectivity index (χ1v) is 6.39. The quantitative estimate of drug-likeness (QED) is 0.873. The first-order chi connectivity index (χ1) is 9.45. The number of benzene rings is 1. The molecule has 2 N–H and O–H groups in total. The number of carboxylic acids is 1. The van der Waals surface area contributed by atoms with Crippen LogP contribution in [-0.2, 0) is 16.0 Å². The van der Waals surface area contributed by atoms with Crippen LogP contribution in [0.2, 0.25) is 0 Å². The molecule has 1 aliphatic heterocycles. The predicted octanol–water partition coefficient (Wildman–Crippen LogP) is 1.35. The van der Waals surface area contributed by atoms with E-state index in [-0.39, 0.29) is 37.5 Å². The number of nitrogens with zero attached hydrogens (tertiary/aromatic N) is 1. The number of phenols is 1. The molecule has 6 heteroatoms. The minimum atomic E-state index is -1.16. The topological polar surface area (TPSA) is 77.8 Å². The Labute approximate surface area is 115 Å². The number of alkyl halides is 1. The zero-order valence-electron chi connectivity index (χ0n) is 10.8. The molecule has 1 amide bonds. The summed E-state index contributed by atoms with van der Waals surface area (Å²) in [5, 5.41) is 18.0. The molecule has 0 aromatic heterocycles. The standard InChI is InChI=1S/C14H16FNO4/c15-10-6-11(7-14(19)20)16(8-10)13(18)5-9-1-3-12(17)4-2-9/h1-4,10-11,17H,5-8H2,(H,19,20)/t10-,11+/m1/s1. The molecule has 1 saturated heterocycles. The van der Waals surface area contributed by atoms with Crippen LogP contribution < -0.4 is 0 Å². The monoisotopic (exact) mass is 281 g/mol. The molecule has 0 saturated carbocycles. The molecule has 1 aromatic carbocycles. The Morgan fingerprint density at radius 2 is 1.95 bits per heavy atom. The van der Waals surface area contributed by atoms with Gasteiger partial charge < -0.3 is 15.1 Å². The van der Waals surface area contributed by atoms with Crippen LogP contribution in [0.5, 0.6) is 5.75 Å². The fraction of sp³-hybridized carbons (Fsp3) is 0.429. The zero-order valence-corrected chi connectivity index (χ0v) is 10.8. The molecular weight excluding hydrogens is 265 g/mol. The summed E-state index contributed by atoms with van der Waals surface area (Å²) in [4.78, 5) is 24.2. The maximum atomic E-state index is 13.4. The number of carbonyl (C=O) groups excluding carboxylic acids is 1. The second-order valence-electron chi connectivity index (χ2n) is 4.97. The van der Waals surface area contributed by atoms with E-state index in [2.05, 4.69) is 0 Å². The Hall–Kier alpha value is -2.11. The van der Waals surface area contributed by atoms with Gasteiger partial charge in [-0.1, -0.05) is 12.1 Å². The largest absolute Gasteiger partial charge is 0.508 e. The predicted molar refractivity (Wildman–Crippen MR) is 69.1 cm³/mol. The molecule has 2 rings (SSSR count). The number of carboxylic acid groups (broad SMARTS) is 1. The van der Waals surface area contributed by atoms with E-state index in [1.54, 1.807) is 12.1 Å². The Balaban J connectivity index is 2.03. The normalized spacial score (nSPS) is 21.9. The van der Waals surface area contributed by atoms with Crippen molar-refractivity contribution in [1.29, 1.82) is 0 Å². The number of halogens is 1. The van der Waals surface area contributed by atoms with Crippen molar-refractivity contribution in [3.05, 3.63) is 29.8 Å². The number of rotatable bonds is 4. The number of amides is 1. The Morgan fingerprint density at radius 1 is 1.30 bits per heavy atom. The second kappa shape index (κ2) is 5.90. The van der Waals surface area contributed by atoms with Gasteiger partial charge in [-0.05, 0) is 17.7 Å². The number of aromatic hydroxyl groups is 1. The molecule has 0 aliphatic carbocycles. The minimum Gasteiger partial charge on any atom is -0.508 e. The molecular formula is C14H16FNO4. The smallest absolute Gasteiger partial charge is 0.305 e. The lowest BCUT2D eigenvalue weighted by Crippen LogP contribution is -2.38. The molecule has 1 heterocycles. The SMILES string of the molecule is O=C(O)C[C@@H]1C[C@@H](F)CN1C(=O)Cc1ccc(O)cc1. The van der Waals surface area contributed by atoms with E-state index in [4.69, 9.17) is 10.2 Å². The van der Waals surface area contributed by atoms with E-state index in [0.717, 1.165) is 0 Å². The van der Waals surface area contributed by atoms with E-state index in [1.165, 1.54) is 17.0 Å². The first kappa shape index (κ1) is 14.3. The molecule has 0 spiro atoms. The molecule has 1 fully saturated rings. The fourth-order valence-corrected chi connectivity index (χ4v) is 2.45. The van der Waals surface area contributed by atoms with Gasteiger partial charge in [-0.2, -0.15) is 0 Å². The summed E-state index contributed by atoms with van der Waals surface area (Å²) >= 11 is 0. The maximum absolute atomic E-state index is 13.4. The molecule has 108 valence electrons. The highest BCUT2D eigenvalue weighted by Crippen LogP contribution is 2.24. The van der Waals surface area contributed by atoms with Gasteiger partial charge in [-0.15, -0.1) is 0 Å². The summed E-state index contributed by atoms with van der Waals surface area (Å²) in [6.07, 6.45) is -1.25. The Morgan fingerprint density at radius 3 is 2.55 bits per heavy atom. The van der Waals surface area contributed by atoms with Crippen molar-refractivity contribution >= 4 is 11.9 Å². The van der Waals surface area contributed by atoms with E-state index in [1.807, 2.05) is 0 Å². The number of hydrogen-bond donors (Lipinski definition) is 2. The average Bonchev–Trinajstić information content (AvgIpc) is 2.72. The van der Waals surface area contributed by atoms with Crippen molar-refractivity contribution in [2.75, 3.05) is 6.54 Å². The van der Waals surface area contributed by atoms with Crippen molar-refractivity contribution in [2.24, 2.45) is 0 Å². The summed E-state index contributed by atoms with van der Waals surface area (Å²) in [6, 6.07) is 5.59. The summed E-state index contributed by atoms with van der Waals surface area (Å²) in [7, 11) is 0. The second-order valence-corrected chi connectivity index (χ2v) is 4.97. The molecule has 0 bridgehead atoms. The summed E-state index contributed by atoms with van der Waals surface area (Å²) in [6.45, 7) is -0.0468. The number of hydrogen-bond acceptors (Lipinski definition) is 3. The van der Waals surface area contributed by atoms with Gasteiger partial charge >= 0.3 is 5.97 Å². The van der Waals surface area contributed by atoms with E-state index >= 15 is 0 Å². The van der Waals surface area contributed by atoms with Crippen LogP contribution >= 0.6 is 0 Å². The van der Waals surface area contributed by atoms with E-state index in [0.29, 0.717) is 5.56 Å². The average molecular weight is 281 g/mol. The first-order valence-electron chi connectivity index (χ1n) is 6.39. The van der Waals surface area contributed by atoms with Gasteiger partial charge in [0.1, 0.15) is 11.9 Å². The van der Waals surface area contributed by atoms with Crippen molar-refractivity contribution in [1.82, 2.24) is 4.90 Å². The summed E-state index contributed by atoms with van der Waals surface area (Å²) in [5.41, 5.74) is 0.698. The lowest BCUT2D eigenvalue weighted by Gasteiger charge is -2.23. The third kappa shape index (κ3) is 3.46. The van der Waals surface area contributed by atoms with Crippen LogP contribution in [0.3, 0.4) is 0 Å². The Kier molecular flexibility index (Phi) is 4.22. The molecule has 0 radical (unpaired) electrons. The van der Waals surface area contributed by atoms with Crippen LogP contribution in [0.4, 0.5) is 4.39 Å². The minimum absolute atomic E-state index is 0.0468. The highest BCUT2D eigenvalue weighted by atomic mass is 19.1. The van der Waals surface area contributed by atoms with Crippen molar-refractivity contribution in [3.8, 4) is 5.75 Å². The maximum Gasteiger partial charge on any atom is 0.305 e. The number of phenolic OH excluding ortho intramolecular Hbond substituents is 1. The van der Waals surface area contributed by atoms with Gasteiger partial charge in [0.05, 0.1) is 19.4 Å². The highest BCUT2D eigenvalue weighted by Gasteiger charge is 2.36. The zero-order chi connectivity index (χ0) is 14.7. The van der Waals surface area contributed by atoms with Crippen LogP contribution in [0.15, 0.2) is 24.3 Å². The van der Waals surface area contributed by atoms with Crippen molar-refractivity contribution in [3.63, 3.8) is 0 Å². The van der Waals surface area contributed by atoms with Crippen LogP contribution in [0, 0.1) is 0 Å². The fourth-order valence-electron chi connectivity index (χ4n) is 2.45. The van der Waals surface area contributed by atoms with Gasteiger partial charge in [-0.3, -0.25) is 9.59 Å². The third-order valence-corrected chi connectivity index (χ3v) is 3.39. The van der Waals surface area contributed by atoms with Gasteiger partial charge in [-0.25, -0.2) is 4.39 Å². The van der Waals surface area contributed by atoms with Gasteiger partial charge in [0.25, 0.3) is 0 Å². The molecule has 0 unspecified atom stereocenters. The number of likely N-dealkylation sites (tertiary alicyclic amines) is 1. The summed E-state index contributed by atoms with van der Waals surface area (Å²) < 4.78 is 13.4. The molecule has 1 aliphatic rings. The number of aliphatic carboxylic acids is 1. The molecule has 20 heavy (non-hydrogen) atoms. The van der Waals surface area contributed by atoms with E-state index in [9.17, 15) is 14.0 Å². The summed E-state index contributed by atoms with van der Waals surface area (Å²) in [5.74, 6) is -1.22. The Bertz CT molecular complexity index is 502. The third-order valence-electron chi connectivity index (χ3n) is 3.39. The lowest BCUT2D eigenvalue weighted by molar-refractivity contribution is -0.139. The van der Waals surface area contributed by atoms with Crippen molar-refractivity contribution in [2.45, 2.75) is 31.5 Å². The molecule has 5 nitrogen and oxygen atoms in total. The molecule has 2 atom stereocenters. The molecule has 1 aromatic rings. The van der Waals surface area contributed by atoms with Crippen LogP contribution in [0.1, 0.15) is 18.4 Å².